The van der Waals surface area contributed by atoms with Crippen LogP contribution in [0.1, 0.15) is 61.3 Å². The van der Waals surface area contributed by atoms with E-state index in [2.05, 4.69) is 15.4 Å². The molecule has 2 saturated carbocycles. The van der Waals surface area contributed by atoms with Crippen molar-refractivity contribution < 1.29 is 13.6 Å². The Morgan fingerprint density at radius 3 is 2.61 bits per heavy atom. The summed E-state index contributed by atoms with van der Waals surface area (Å²) < 4.78 is 28.4. The van der Waals surface area contributed by atoms with E-state index in [1.54, 1.807) is 11.7 Å². The van der Waals surface area contributed by atoms with Crippen molar-refractivity contribution in [2.75, 3.05) is 12.4 Å². The van der Waals surface area contributed by atoms with Gasteiger partial charge in [-0.25, -0.2) is 13.5 Å². The Labute approximate surface area is 134 Å². The molecule has 1 N–H and O–H groups in total. The Bertz CT molecular complexity index is 597. The third-order valence-electron chi connectivity index (χ3n) is 4.96. The third-order valence-corrected chi connectivity index (χ3v) is 4.96. The topological polar surface area (TPSA) is 59.3 Å². The number of aromatic nitrogens is 2. The minimum Gasteiger partial charge on any atom is -0.328 e. The van der Waals surface area contributed by atoms with Crippen LogP contribution in [0.2, 0.25) is 0 Å². The summed E-state index contributed by atoms with van der Waals surface area (Å²) in [6.07, 6.45) is 6.05. The molecule has 0 atom stereocenters. The molecule has 0 amide bonds. The second kappa shape index (κ2) is 6.37. The third kappa shape index (κ3) is 3.28. The Morgan fingerprint density at radius 1 is 1.39 bits per heavy atom. The summed E-state index contributed by atoms with van der Waals surface area (Å²) in [6, 6.07) is -0.106. The van der Waals surface area contributed by atoms with Crippen LogP contribution in [-0.4, -0.2) is 34.9 Å². The maximum absolute atomic E-state index is 13.4. The van der Waals surface area contributed by atoms with Gasteiger partial charge in [0.05, 0.1) is 17.8 Å². The van der Waals surface area contributed by atoms with Gasteiger partial charge in [-0.05, 0) is 25.7 Å². The lowest BCUT2D eigenvalue weighted by atomic mass is 9.84. The van der Waals surface area contributed by atoms with Gasteiger partial charge in [-0.3, -0.25) is 9.79 Å². The highest BCUT2D eigenvalue weighted by atomic mass is 19.3. The molecule has 0 aliphatic heterocycles. The molecule has 1 heterocycles. The number of rotatable bonds is 4. The highest BCUT2D eigenvalue weighted by Crippen LogP contribution is 2.39. The highest BCUT2D eigenvalue weighted by Gasteiger charge is 2.37. The van der Waals surface area contributed by atoms with Gasteiger partial charge in [-0.15, -0.1) is 0 Å². The predicted octanol–water partition coefficient (Wildman–Crippen LogP) is 3.69. The largest absolute Gasteiger partial charge is 0.328 e. The number of hydrogen-bond donors (Lipinski definition) is 1. The van der Waals surface area contributed by atoms with Crippen molar-refractivity contribution in [3.8, 4) is 0 Å². The number of hydrogen-bond acceptors (Lipinski definition) is 3. The normalized spacial score (nSPS) is 22.7. The minimum absolute atomic E-state index is 0.106. The summed E-state index contributed by atoms with van der Waals surface area (Å²) in [7, 11) is 1.73. The molecular weight excluding hydrogens is 302 g/mol. The molecule has 7 heteroatoms. The number of aliphatic imine (C=N–C) groups is 1. The van der Waals surface area contributed by atoms with E-state index in [4.69, 9.17) is 0 Å². The molecule has 0 spiro atoms. The fourth-order valence-corrected chi connectivity index (χ4v) is 3.28. The minimum atomic E-state index is -2.58. The molecule has 0 radical (unpaired) electrons. The number of aldehydes is 1. The Balaban J connectivity index is 1.81. The fraction of sp³-hybridized carbons (Fsp3) is 0.688. The number of amidine groups is 1. The van der Waals surface area contributed by atoms with E-state index in [-0.39, 0.29) is 18.9 Å². The van der Waals surface area contributed by atoms with Gasteiger partial charge in [-0.1, -0.05) is 6.42 Å². The molecule has 2 aliphatic rings. The fourth-order valence-electron chi connectivity index (χ4n) is 3.28. The van der Waals surface area contributed by atoms with E-state index in [1.807, 2.05) is 0 Å². The van der Waals surface area contributed by atoms with Crippen LogP contribution in [0.15, 0.2) is 11.2 Å². The Morgan fingerprint density at radius 2 is 2.09 bits per heavy atom. The van der Waals surface area contributed by atoms with Crippen LogP contribution in [0, 0.1) is 5.92 Å². The van der Waals surface area contributed by atoms with Crippen molar-refractivity contribution in [2.45, 2.75) is 56.9 Å². The van der Waals surface area contributed by atoms with Gasteiger partial charge in [0.2, 0.25) is 5.92 Å². The number of alkyl halides is 2. The monoisotopic (exact) mass is 324 g/mol. The molecule has 1 aromatic rings. The molecule has 2 aliphatic carbocycles. The van der Waals surface area contributed by atoms with Crippen molar-refractivity contribution in [3.63, 3.8) is 0 Å². The van der Waals surface area contributed by atoms with Gasteiger partial charge < -0.3 is 5.32 Å². The zero-order valence-corrected chi connectivity index (χ0v) is 13.3. The van der Waals surface area contributed by atoms with E-state index in [9.17, 15) is 13.6 Å². The van der Waals surface area contributed by atoms with Gasteiger partial charge in [0.1, 0.15) is 11.7 Å². The van der Waals surface area contributed by atoms with Gasteiger partial charge in [0, 0.05) is 25.8 Å². The van der Waals surface area contributed by atoms with Crippen LogP contribution in [0.25, 0.3) is 0 Å². The average molecular weight is 324 g/mol. The molecule has 126 valence electrons. The SMILES string of the molecule is CN=C(Nc1c(C=O)cnn1C1CCC(F)(F)CC1)C1CCC1. The van der Waals surface area contributed by atoms with Crippen LogP contribution in [-0.2, 0) is 0 Å². The van der Waals surface area contributed by atoms with Crippen LogP contribution in [0.5, 0.6) is 0 Å². The predicted molar refractivity (Wildman–Crippen MR) is 84.4 cm³/mol. The number of nitrogens with one attached hydrogen (secondary N) is 1. The van der Waals surface area contributed by atoms with E-state index in [0.717, 1.165) is 25.0 Å². The molecule has 23 heavy (non-hydrogen) atoms. The average Bonchev–Trinajstić information content (AvgIpc) is 2.87. The molecule has 3 rings (SSSR count). The number of halogens is 2. The van der Waals surface area contributed by atoms with E-state index in [1.165, 1.54) is 12.6 Å². The van der Waals surface area contributed by atoms with Crippen LogP contribution in [0.4, 0.5) is 14.6 Å². The quantitative estimate of drug-likeness (QED) is 0.522. The Kier molecular flexibility index (Phi) is 4.46. The molecule has 0 aromatic carbocycles. The lowest BCUT2D eigenvalue weighted by Gasteiger charge is -2.31. The van der Waals surface area contributed by atoms with Crippen molar-refractivity contribution in [2.24, 2.45) is 10.9 Å². The Hall–Kier alpha value is -1.79. The van der Waals surface area contributed by atoms with E-state index in [0.29, 0.717) is 30.1 Å². The smallest absolute Gasteiger partial charge is 0.248 e. The summed E-state index contributed by atoms with van der Waals surface area (Å²) in [5.74, 6) is -0.754. The summed E-state index contributed by atoms with van der Waals surface area (Å²) in [5, 5.41) is 7.52. The summed E-state index contributed by atoms with van der Waals surface area (Å²) >= 11 is 0. The van der Waals surface area contributed by atoms with Gasteiger partial charge in [0.25, 0.3) is 0 Å². The zero-order valence-electron chi connectivity index (χ0n) is 13.3. The molecule has 1 aromatic heterocycles. The zero-order chi connectivity index (χ0) is 16.4. The number of anilines is 1. The van der Waals surface area contributed by atoms with Gasteiger partial charge in [-0.2, -0.15) is 5.10 Å². The first-order valence-electron chi connectivity index (χ1n) is 8.18. The van der Waals surface area contributed by atoms with Gasteiger partial charge >= 0.3 is 0 Å². The standard InChI is InChI=1S/C16H22F2N4O/c1-19-14(11-3-2-4-11)21-15-12(10-23)9-20-22(15)13-5-7-16(17,18)8-6-13/h9-11,13H,2-8H2,1H3,(H,19,21). The maximum atomic E-state index is 13.4. The number of carbonyl (C=O) groups excluding carboxylic acids is 1. The molecule has 0 unspecified atom stereocenters. The lowest BCUT2D eigenvalue weighted by molar-refractivity contribution is -0.0448. The molecule has 5 nitrogen and oxygen atoms in total. The first-order chi connectivity index (χ1) is 11.0. The van der Waals surface area contributed by atoms with Gasteiger partial charge in [0.15, 0.2) is 6.29 Å². The second-order valence-electron chi connectivity index (χ2n) is 6.46. The summed E-state index contributed by atoms with van der Waals surface area (Å²) in [6.45, 7) is 0. The van der Waals surface area contributed by atoms with Crippen LogP contribution in [0.3, 0.4) is 0 Å². The van der Waals surface area contributed by atoms with Crippen LogP contribution < -0.4 is 5.32 Å². The van der Waals surface area contributed by atoms with E-state index >= 15 is 0 Å². The molecule has 0 saturated heterocycles. The summed E-state index contributed by atoms with van der Waals surface area (Å²) in [5.41, 5.74) is 0.447. The first kappa shape index (κ1) is 16.1. The second-order valence-corrected chi connectivity index (χ2v) is 6.46. The highest BCUT2D eigenvalue weighted by molar-refractivity contribution is 6.00. The molecule has 0 bridgehead atoms. The lowest BCUT2D eigenvalue weighted by Crippen LogP contribution is -2.31. The molecular formula is C16H22F2N4O. The summed E-state index contributed by atoms with van der Waals surface area (Å²) in [4.78, 5) is 15.6. The first-order valence-corrected chi connectivity index (χ1v) is 8.18. The van der Waals surface area contributed by atoms with Crippen molar-refractivity contribution in [1.82, 2.24) is 9.78 Å². The van der Waals surface area contributed by atoms with E-state index < -0.39 is 5.92 Å². The van der Waals surface area contributed by atoms with Crippen molar-refractivity contribution in [3.05, 3.63) is 11.8 Å². The van der Waals surface area contributed by atoms with Crippen molar-refractivity contribution >= 4 is 17.9 Å². The maximum Gasteiger partial charge on any atom is 0.248 e. The van der Waals surface area contributed by atoms with Crippen LogP contribution >= 0.6 is 0 Å². The molecule has 2 fully saturated rings. The van der Waals surface area contributed by atoms with Crippen molar-refractivity contribution in [1.29, 1.82) is 0 Å². The number of nitrogens with zero attached hydrogens (tertiary/aromatic N) is 3. The number of carbonyl (C=O) groups is 1.